The second-order valence-electron chi connectivity index (χ2n) is 5.82. The molecular weight excluding hydrogens is 364 g/mol. The van der Waals surface area contributed by atoms with Crippen molar-refractivity contribution in [3.8, 4) is 5.75 Å². The van der Waals surface area contributed by atoms with Crippen LogP contribution in [0.15, 0.2) is 54.6 Å². The average Bonchev–Trinajstić information content (AvgIpc) is 2.67. The van der Waals surface area contributed by atoms with Gasteiger partial charge in [0, 0.05) is 29.4 Å². The Hall–Kier alpha value is -3.12. The van der Waals surface area contributed by atoms with Crippen LogP contribution in [-0.4, -0.2) is 23.0 Å². The lowest BCUT2D eigenvalue weighted by atomic mass is 10.2. The maximum absolute atomic E-state index is 12.6. The molecule has 0 saturated heterocycles. The minimum Gasteiger partial charge on any atom is -0.497 e. The van der Waals surface area contributed by atoms with Crippen molar-refractivity contribution in [1.82, 2.24) is 9.97 Å². The number of aromatic nitrogens is 2. The van der Waals surface area contributed by atoms with Crippen LogP contribution in [-0.2, 0) is 6.54 Å². The Bertz CT molecular complexity index is 962. The van der Waals surface area contributed by atoms with E-state index in [0.717, 1.165) is 5.56 Å². The quantitative estimate of drug-likeness (QED) is 0.664. The monoisotopic (exact) mass is 382 g/mol. The molecule has 0 fully saturated rings. The lowest BCUT2D eigenvalue weighted by Crippen LogP contribution is -2.16. The van der Waals surface area contributed by atoms with E-state index in [1.807, 2.05) is 24.3 Å². The molecule has 1 amide bonds. The van der Waals surface area contributed by atoms with Crippen LogP contribution in [0.3, 0.4) is 0 Å². The highest BCUT2D eigenvalue weighted by molar-refractivity contribution is 6.31. The summed E-state index contributed by atoms with van der Waals surface area (Å²) in [5.74, 6) is 1.39. The van der Waals surface area contributed by atoms with E-state index in [0.29, 0.717) is 34.6 Å². The molecule has 1 aromatic heterocycles. The number of hydrogen-bond acceptors (Lipinski definition) is 5. The van der Waals surface area contributed by atoms with Gasteiger partial charge < -0.3 is 15.4 Å². The number of carbonyl (C=O) groups excluding carboxylic acids is 1. The summed E-state index contributed by atoms with van der Waals surface area (Å²) in [5, 5.41) is 6.67. The van der Waals surface area contributed by atoms with Crippen LogP contribution in [0.5, 0.6) is 5.75 Å². The summed E-state index contributed by atoms with van der Waals surface area (Å²) in [6.45, 7) is 2.23. The Balaban J connectivity index is 1.74. The first-order valence-electron chi connectivity index (χ1n) is 8.33. The summed E-state index contributed by atoms with van der Waals surface area (Å²) in [7, 11) is 1.58. The predicted molar refractivity (Wildman–Crippen MR) is 106 cm³/mol. The molecule has 0 aliphatic rings. The van der Waals surface area contributed by atoms with Gasteiger partial charge in [0.1, 0.15) is 23.1 Å². The fraction of sp³-hybridized carbons (Fsp3) is 0.150. The molecule has 7 heteroatoms. The number of aryl methyl sites for hydroxylation is 1. The third kappa shape index (κ3) is 4.95. The SMILES string of the molecule is COc1cccc(NC(=O)c2cc(NCc3ccccc3Cl)nc(C)n2)c1. The molecule has 0 atom stereocenters. The number of halogens is 1. The second kappa shape index (κ2) is 8.51. The Morgan fingerprint density at radius 1 is 1.11 bits per heavy atom. The van der Waals surface area contributed by atoms with Crippen LogP contribution in [0, 0.1) is 6.92 Å². The molecule has 0 bridgehead atoms. The van der Waals surface area contributed by atoms with E-state index in [1.165, 1.54) is 0 Å². The molecule has 0 unspecified atom stereocenters. The first-order valence-corrected chi connectivity index (χ1v) is 8.71. The van der Waals surface area contributed by atoms with Crippen molar-refractivity contribution in [3.05, 3.63) is 76.7 Å². The maximum Gasteiger partial charge on any atom is 0.274 e. The van der Waals surface area contributed by atoms with Crippen molar-refractivity contribution < 1.29 is 9.53 Å². The minimum atomic E-state index is -0.324. The highest BCUT2D eigenvalue weighted by Crippen LogP contribution is 2.19. The summed E-state index contributed by atoms with van der Waals surface area (Å²) in [6, 6.07) is 16.3. The number of rotatable bonds is 6. The van der Waals surface area contributed by atoms with Crippen LogP contribution >= 0.6 is 11.6 Å². The Morgan fingerprint density at radius 2 is 1.93 bits per heavy atom. The van der Waals surface area contributed by atoms with Crippen LogP contribution in [0.4, 0.5) is 11.5 Å². The van der Waals surface area contributed by atoms with E-state index >= 15 is 0 Å². The van der Waals surface area contributed by atoms with Crippen LogP contribution in [0.1, 0.15) is 21.9 Å². The van der Waals surface area contributed by atoms with Gasteiger partial charge in [0.05, 0.1) is 7.11 Å². The molecular formula is C20H19ClN4O2. The second-order valence-corrected chi connectivity index (χ2v) is 6.22. The highest BCUT2D eigenvalue weighted by atomic mass is 35.5. The zero-order valence-electron chi connectivity index (χ0n) is 15.0. The smallest absolute Gasteiger partial charge is 0.274 e. The standard InChI is InChI=1S/C20H19ClN4O2/c1-13-23-18(20(26)25-15-7-5-8-16(10-15)27-2)11-19(24-13)22-12-14-6-3-4-9-17(14)21/h3-11H,12H2,1-2H3,(H,25,26)(H,22,23,24). The van der Waals surface area contributed by atoms with Gasteiger partial charge in [0.25, 0.3) is 5.91 Å². The number of benzene rings is 2. The summed E-state index contributed by atoms with van der Waals surface area (Å²) < 4.78 is 5.17. The van der Waals surface area contributed by atoms with Crippen LogP contribution in [0.25, 0.3) is 0 Å². The number of methoxy groups -OCH3 is 1. The van der Waals surface area contributed by atoms with E-state index < -0.39 is 0 Å². The first kappa shape index (κ1) is 18.7. The summed E-state index contributed by atoms with van der Waals surface area (Å²) in [6.07, 6.45) is 0. The average molecular weight is 383 g/mol. The van der Waals surface area contributed by atoms with Gasteiger partial charge >= 0.3 is 0 Å². The first-order chi connectivity index (χ1) is 13.0. The molecule has 3 rings (SSSR count). The fourth-order valence-corrected chi connectivity index (χ4v) is 2.70. The van der Waals surface area contributed by atoms with Gasteiger partial charge in [0.15, 0.2) is 0 Å². The third-order valence-corrected chi connectivity index (χ3v) is 4.18. The Labute approximate surface area is 162 Å². The van der Waals surface area contributed by atoms with Crippen LogP contribution in [0.2, 0.25) is 5.02 Å². The number of carbonyl (C=O) groups is 1. The Kier molecular flexibility index (Phi) is 5.88. The zero-order valence-corrected chi connectivity index (χ0v) is 15.7. The maximum atomic E-state index is 12.6. The number of nitrogens with zero attached hydrogens (tertiary/aromatic N) is 2. The van der Waals surface area contributed by atoms with Crippen molar-refractivity contribution in [3.63, 3.8) is 0 Å². The van der Waals surface area contributed by atoms with E-state index in [9.17, 15) is 4.79 Å². The third-order valence-electron chi connectivity index (χ3n) is 3.82. The van der Waals surface area contributed by atoms with Gasteiger partial charge in [-0.1, -0.05) is 35.9 Å². The highest BCUT2D eigenvalue weighted by Gasteiger charge is 2.12. The lowest BCUT2D eigenvalue weighted by Gasteiger charge is -2.10. The van der Waals surface area contributed by atoms with Gasteiger partial charge in [0.2, 0.25) is 0 Å². The van der Waals surface area contributed by atoms with E-state index in [-0.39, 0.29) is 11.6 Å². The van der Waals surface area contributed by atoms with Gasteiger partial charge in [-0.05, 0) is 30.7 Å². The molecule has 6 nitrogen and oxygen atoms in total. The fourth-order valence-electron chi connectivity index (χ4n) is 2.50. The molecule has 1 heterocycles. The molecule has 0 aliphatic carbocycles. The minimum absolute atomic E-state index is 0.270. The molecule has 0 aliphatic heterocycles. The molecule has 0 radical (unpaired) electrons. The van der Waals surface area contributed by atoms with Crippen molar-refractivity contribution in [2.75, 3.05) is 17.7 Å². The number of nitrogens with one attached hydrogen (secondary N) is 2. The van der Waals surface area contributed by atoms with E-state index in [1.54, 1.807) is 44.4 Å². The molecule has 0 saturated carbocycles. The molecule has 138 valence electrons. The van der Waals surface area contributed by atoms with Gasteiger partial charge in [-0.2, -0.15) is 0 Å². The zero-order chi connectivity index (χ0) is 19.2. The normalized spacial score (nSPS) is 10.3. The van der Waals surface area contributed by atoms with Crippen LogP contribution < -0.4 is 15.4 Å². The molecule has 0 spiro atoms. The molecule has 2 aromatic carbocycles. The van der Waals surface area contributed by atoms with Crippen molar-refractivity contribution in [2.24, 2.45) is 0 Å². The molecule has 2 N–H and O–H groups in total. The van der Waals surface area contributed by atoms with Crippen molar-refractivity contribution in [1.29, 1.82) is 0 Å². The van der Waals surface area contributed by atoms with Crippen molar-refractivity contribution >= 4 is 29.0 Å². The molecule has 27 heavy (non-hydrogen) atoms. The number of anilines is 2. The largest absolute Gasteiger partial charge is 0.497 e. The lowest BCUT2D eigenvalue weighted by molar-refractivity contribution is 0.102. The molecule has 3 aromatic rings. The van der Waals surface area contributed by atoms with Crippen molar-refractivity contribution in [2.45, 2.75) is 13.5 Å². The van der Waals surface area contributed by atoms with Gasteiger partial charge in [-0.3, -0.25) is 4.79 Å². The number of hydrogen-bond donors (Lipinski definition) is 2. The van der Waals surface area contributed by atoms with E-state index in [4.69, 9.17) is 16.3 Å². The summed E-state index contributed by atoms with van der Waals surface area (Å²) >= 11 is 6.17. The number of amides is 1. The van der Waals surface area contributed by atoms with Gasteiger partial charge in [-0.25, -0.2) is 9.97 Å². The Morgan fingerprint density at radius 3 is 2.70 bits per heavy atom. The predicted octanol–water partition coefficient (Wildman–Crippen LogP) is 4.31. The number of ether oxygens (including phenoxy) is 1. The summed E-state index contributed by atoms with van der Waals surface area (Å²) in [4.78, 5) is 21.1. The van der Waals surface area contributed by atoms with Gasteiger partial charge in [-0.15, -0.1) is 0 Å². The topological polar surface area (TPSA) is 76.1 Å². The van der Waals surface area contributed by atoms with E-state index in [2.05, 4.69) is 20.6 Å². The summed E-state index contributed by atoms with van der Waals surface area (Å²) in [5.41, 5.74) is 1.84.